The molecule has 0 N–H and O–H groups in total. The van der Waals surface area contributed by atoms with Crippen LogP contribution in [0.15, 0.2) is 24.0 Å². The molecule has 0 spiro atoms. The second-order valence-electron chi connectivity index (χ2n) is 1.70. The molecule has 1 aromatic heterocycles. The second-order valence-corrected chi connectivity index (χ2v) is 1.70. The molecule has 1 heterocycles. The average Bonchev–Trinajstić information content (AvgIpc) is 2.36. The smallest absolute Gasteiger partial charge is 0.233 e. The van der Waals surface area contributed by atoms with Crippen LogP contribution in [0.5, 0.6) is 0 Å². The first kappa shape index (κ1) is 6.74. The molecule has 10 heavy (non-hydrogen) atoms. The van der Waals surface area contributed by atoms with Gasteiger partial charge in [0.15, 0.2) is 0 Å². The van der Waals surface area contributed by atoms with Gasteiger partial charge in [0.25, 0.3) is 0 Å². The van der Waals surface area contributed by atoms with Crippen LogP contribution in [0.1, 0.15) is 6.92 Å². The highest BCUT2D eigenvalue weighted by molar-refractivity contribution is 5.58. The molecular formula is C7H9N3. The van der Waals surface area contributed by atoms with Crippen LogP contribution in [-0.2, 0) is 0 Å². The summed E-state index contributed by atoms with van der Waals surface area (Å²) in [5.74, 6) is 0.664. The third-order valence-electron chi connectivity index (χ3n) is 1.09. The van der Waals surface area contributed by atoms with Crippen molar-refractivity contribution in [1.82, 2.24) is 9.55 Å². The molecule has 0 unspecified atom stereocenters. The Bertz CT molecular complexity index is 247. The van der Waals surface area contributed by atoms with Gasteiger partial charge < -0.3 is 0 Å². The molecule has 52 valence electrons. The molecule has 0 saturated carbocycles. The van der Waals surface area contributed by atoms with Gasteiger partial charge in [-0.3, -0.25) is 4.57 Å². The number of rotatable bonds is 2. The molecule has 0 radical (unpaired) electrons. The van der Waals surface area contributed by atoms with Crippen LogP contribution in [0.2, 0.25) is 0 Å². The molecule has 1 aromatic rings. The molecule has 3 nitrogen and oxygen atoms in total. The Morgan fingerprint density at radius 2 is 2.60 bits per heavy atom. The van der Waals surface area contributed by atoms with Crippen molar-refractivity contribution < 1.29 is 0 Å². The van der Waals surface area contributed by atoms with Crippen molar-refractivity contribution in [2.45, 2.75) is 6.92 Å². The fourth-order valence-corrected chi connectivity index (χ4v) is 0.663. The number of imidazole rings is 1. The summed E-state index contributed by atoms with van der Waals surface area (Å²) >= 11 is 0. The quantitative estimate of drug-likeness (QED) is 0.568. The van der Waals surface area contributed by atoms with Gasteiger partial charge in [0.05, 0.1) is 0 Å². The molecular weight excluding hydrogens is 126 g/mol. The maximum Gasteiger partial charge on any atom is 0.233 e. The first-order chi connectivity index (χ1) is 4.88. The van der Waals surface area contributed by atoms with Crippen LogP contribution in [0.25, 0.3) is 6.20 Å². The predicted octanol–water partition coefficient (Wildman–Crippen LogP) is 1.71. The van der Waals surface area contributed by atoms with Crippen molar-refractivity contribution in [3.8, 4) is 0 Å². The van der Waals surface area contributed by atoms with E-state index in [1.165, 1.54) is 0 Å². The third kappa shape index (κ3) is 1.13. The minimum atomic E-state index is 0.664. The predicted molar refractivity (Wildman–Crippen MR) is 42.4 cm³/mol. The highest BCUT2D eigenvalue weighted by Crippen LogP contribution is 2.06. The molecule has 0 aliphatic heterocycles. The van der Waals surface area contributed by atoms with E-state index in [1.807, 2.05) is 6.92 Å². The minimum Gasteiger partial charge on any atom is -0.292 e. The normalized spacial score (nSPS) is 10.5. The highest BCUT2D eigenvalue weighted by atomic mass is 15.1. The Kier molecular flexibility index (Phi) is 1.99. The van der Waals surface area contributed by atoms with E-state index < -0.39 is 0 Å². The summed E-state index contributed by atoms with van der Waals surface area (Å²) in [7, 11) is 0. The fraction of sp³-hybridized carbons (Fsp3) is 0.143. The van der Waals surface area contributed by atoms with E-state index in [1.54, 1.807) is 29.4 Å². The van der Waals surface area contributed by atoms with Crippen LogP contribution in [0, 0.1) is 0 Å². The molecule has 0 aliphatic carbocycles. The Labute approximate surface area is 59.7 Å². The molecule has 0 fully saturated rings. The summed E-state index contributed by atoms with van der Waals surface area (Å²) in [6.45, 7) is 5.44. The number of nitrogens with zero attached hydrogens (tertiary/aromatic N) is 3. The molecule has 1 rings (SSSR count). The zero-order valence-electron chi connectivity index (χ0n) is 5.86. The van der Waals surface area contributed by atoms with Gasteiger partial charge in [-0.1, -0.05) is 6.58 Å². The number of hydrogen-bond acceptors (Lipinski definition) is 2. The van der Waals surface area contributed by atoms with E-state index in [4.69, 9.17) is 0 Å². The molecule has 0 aromatic carbocycles. The summed E-state index contributed by atoms with van der Waals surface area (Å²) in [5, 5.41) is 0. The van der Waals surface area contributed by atoms with Gasteiger partial charge in [-0.15, -0.1) is 0 Å². The summed E-state index contributed by atoms with van der Waals surface area (Å²) in [6, 6.07) is 0. The largest absolute Gasteiger partial charge is 0.292 e. The summed E-state index contributed by atoms with van der Waals surface area (Å²) in [4.78, 5) is 7.96. The lowest BCUT2D eigenvalue weighted by Crippen LogP contribution is -1.80. The van der Waals surface area contributed by atoms with Crippen molar-refractivity contribution >= 4 is 18.4 Å². The summed E-state index contributed by atoms with van der Waals surface area (Å²) in [5.41, 5.74) is 0. The van der Waals surface area contributed by atoms with Crippen LogP contribution in [0.3, 0.4) is 0 Å². The maximum absolute atomic E-state index is 3.99. The van der Waals surface area contributed by atoms with Crippen molar-refractivity contribution in [3.63, 3.8) is 0 Å². The lowest BCUT2D eigenvalue weighted by Gasteiger charge is -1.91. The van der Waals surface area contributed by atoms with Crippen molar-refractivity contribution in [2.24, 2.45) is 4.99 Å². The van der Waals surface area contributed by atoms with E-state index >= 15 is 0 Å². The van der Waals surface area contributed by atoms with Gasteiger partial charge in [-0.25, -0.2) is 9.98 Å². The lowest BCUT2D eigenvalue weighted by atomic mass is 10.8. The van der Waals surface area contributed by atoms with Crippen LogP contribution in [-0.4, -0.2) is 15.8 Å². The first-order valence-corrected chi connectivity index (χ1v) is 3.02. The molecule has 0 bridgehead atoms. The second kappa shape index (κ2) is 2.96. The molecule has 0 aliphatic rings. The van der Waals surface area contributed by atoms with Gasteiger partial charge >= 0.3 is 0 Å². The number of aliphatic imine (C=N–C) groups is 1. The monoisotopic (exact) mass is 135 g/mol. The van der Waals surface area contributed by atoms with Crippen LogP contribution in [0.4, 0.5) is 5.95 Å². The van der Waals surface area contributed by atoms with E-state index in [0.29, 0.717) is 5.95 Å². The average molecular weight is 135 g/mol. The summed E-state index contributed by atoms with van der Waals surface area (Å²) < 4.78 is 1.75. The van der Waals surface area contributed by atoms with Gasteiger partial charge in [0.2, 0.25) is 5.95 Å². The third-order valence-corrected chi connectivity index (χ3v) is 1.09. The Morgan fingerprint density at radius 1 is 1.80 bits per heavy atom. The topological polar surface area (TPSA) is 30.2 Å². The standard InChI is InChI=1S/C7H9N3/c1-3-8-7-9-5-6-10(7)4-2/h3-6H,2H2,1H3/b8-3-. The first-order valence-electron chi connectivity index (χ1n) is 3.02. The van der Waals surface area contributed by atoms with Gasteiger partial charge in [-0.05, 0) is 6.92 Å². The Morgan fingerprint density at radius 3 is 3.20 bits per heavy atom. The van der Waals surface area contributed by atoms with E-state index in [-0.39, 0.29) is 0 Å². The van der Waals surface area contributed by atoms with Crippen LogP contribution < -0.4 is 0 Å². The van der Waals surface area contributed by atoms with Gasteiger partial charge in [0, 0.05) is 24.8 Å². The Balaban J connectivity index is 3.00. The molecule has 0 saturated heterocycles. The molecule has 0 amide bonds. The zero-order valence-corrected chi connectivity index (χ0v) is 5.86. The lowest BCUT2D eigenvalue weighted by molar-refractivity contribution is 1.12. The highest BCUT2D eigenvalue weighted by Gasteiger charge is 1.92. The number of hydrogen-bond donors (Lipinski definition) is 0. The number of aromatic nitrogens is 2. The SMILES string of the molecule is C=Cn1ccnc1/N=C\C. The van der Waals surface area contributed by atoms with E-state index in [2.05, 4.69) is 16.6 Å². The Hall–Kier alpha value is -1.38. The fourth-order valence-electron chi connectivity index (χ4n) is 0.663. The van der Waals surface area contributed by atoms with E-state index in [9.17, 15) is 0 Å². The molecule has 3 heteroatoms. The van der Waals surface area contributed by atoms with Gasteiger partial charge in [0.1, 0.15) is 0 Å². The van der Waals surface area contributed by atoms with Crippen molar-refractivity contribution in [1.29, 1.82) is 0 Å². The van der Waals surface area contributed by atoms with Crippen molar-refractivity contribution in [2.75, 3.05) is 0 Å². The minimum absolute atomic E-state index is 0.664. The molecule has 0 atom stereocenters. The maximum atomic E-state index is 3.99. The van der Waals surface area contributed by atoms with E-state index in [0.717, 1.165) is 0 Å². The van der Waals surface area contributed by atoms with Crippen molar-refractivity contribution in [3.05, 3.63) is 19.0 Å². The van der Waals surface area contributed by atoms with Crippen LogP contribution >= 0.6 is 0 Å². The zero-order chi connectivity index (χ0) is 7.40. The van der Waals surface area contributed by atoms with Gasteiger partial charge in [-0.2, -0.15) is 0 Å². The summed E-state index contributed by atoms with van der Waals surface area (Å²) in [6.07, 6.45) is 6.84.